The Balaban J connectivity index is 1.08. The fraction of sp³-hybridized carbons (Fsp3) is 0.276. The van der Waals surface area contributed by atoms with Crippen LogP contribution < -0.4 is 9.47 Å². The van der Waals surface area contributed by atoms with Crippen molar-refractivity contribution < 1.29 is 19.7 Å². The van der Waals surface area contributed by atoms with Gasteiger partial charge in [0.2, 0.25) is 0 Å². The Labute approximate surface area is 205 Å². The van der Waals surface area contributed by atoms with Gasteiger partial charge in [0.05, 0.1) is 11.1 Å². The molecule has 1 unspecified atom stereocenters. The molecular formula is C29H30N2O4. The van der Waals surface area contributed by atoms with Gasteiger partial charge < -0.3 is 24.6 Å². The van der Waals surface area contributed by atoms with E-state index in [1.807, 2.05) is 72.8 Å². The lowest BCUT2D eigenvalue weighted by atomic mass is 9.85. The molecule has 3 aromatic carbocycles. The topological polar surface area (TPSA) is 75.1 Å². The van der Waals surface area contributed by atoms with Crippen molar-refractivity contribution in [1.29, 1.82) is 0 Å². The second kappa shape index (κ2) is 10.4. The summed E-state index contributed by atoms with van der Waals surface area (Å²) in [5, 5.41) is 22.7. The molecular weight excluding hydrogens is 440 g/mol. The number of hydrogen-bond donors (Lipinski definition) is 2. The first-order chi connectivity index (χ1) is 17.1. The van der Waals surface area contributed by atoms with Gasteiger partial charge in [-0.25, -0.2) is 0 Å². The Morgan fingerprint density at radius 1 is 0.857 bits per heavy atom. The van der Waals surface area contributed by atoms with E-state index in [9.17, 15) is 10.2 Å². The molecule has 6 nitrogen and oxygen atoms in total. The smallest absolute Gasteiger partial charge is 0.198 e. The molecule has 0 aliphatic carbocycles. The molecule has 1 atom stereocenters. The number of nitrogens with zero attached hydrogens (tertiary/aromatic N) is 2. The summed E-state index contributed by atoms with van der Waals surface area (Å²) in [7, 11) is 0. The quantitative estimate of drug-likeness (QED) is 0.349. The third kappa shape index (κ3) is 5.80. The zero-order valence-corrected chi connectivity index (χ0v) is 19.6. The minimum absolute atomic E-state index is 0.484. The second-order valence-electron chi connectivity index (χ2n) is 9.04. The fourth-order valence-electron chi connectivity index (χ4n) is 4.48. The van der Waals surface area contributed by atoms with Crippen molar-refractivity contribution in [2.24, 2.45) is 0 Å². The summed E-state index contributed by atoms with van der Waals surface area (Å²) in [6.45, 7) is 2.20. The standard InChI is InChI=1S/C29H30N2O4/c32-28(35-26-12-10-25(11-13-26)34-24-7-2-1-3-8-24)14-17-31-18-15-29(33,16-19-31)23-20-22-6-4-5-9-27(22)30-21-23/h1-13,20-21,28,32-33H,14-19H2. The number of aromatic nitrogens is 1. The van der Waals surface area contributed by atoms with Crippen molar-refractivity contribution in [1.82, 2.24) is 9.88 Å². The lowest BCUT2D eigenvalue weighted by molar-refractivity contribution is -0.0476. The van der Waals surface area contributed by atoms with E-state index in [0.717, 1.165) is 35.3 Å². The van der Waals surface area contributed by atoms with E-state index in [4.69, 9.17) is 9.47 Å². The molecule has 1 fully saturated rings. The first kappa shape index (κ1) is 23.3. The summed E-state index contributed by atoms with van der Waals surface area (Å²) in [4.78, 5) is 6.77. The highest BCUT2D eigenvalue weighted by molar-refractivity contribution is 5.78. The lowest BCUT2D eigenvalue weighted by Gasteiger charge is -2.38. The van der Waals surface area contributed by atoms with Crippen LogP contribution in [0.15, 0.2) is 91.1 Å². The third-order valence-electron chi connectivity index (χ3n) is 6.58. The zero-order valence-electron chi connectivity index (χ0n) is 19.6. The van der Waals surface area contributed by atoms with Gasteiger partial charge in [0.25, 0.3) is 0 Å². The zero-order chi connectivity index (χ0) is 24.1. The van der Waals surface area contributed by atoms with Gasteiger partial charge in [-0.3, -0.25) is 4.98 Å². The SMILES string of the molecule is OC(CCN1CCC(O)(c2cnc3ccccc3c2)CC1)Oc1ccc(Oc2ccccc2)cc1. The van der Waals surface area contributed by atoms with E-state index in [0.29, 0.717) is 37.3 Å². The van der Waals surface area contributed by atoms with Crippen molar-refractivity contribution in [3.05, 3.63) is 96.7 Å². The number of benzene rings is 3. The lowest BCUT2D eigenvalue weighted by Crippen LogP contribution is -2.43. The number of para-hydroxylation sites is 2. The molecule has 0 saturated carbocycles. The Bertz CT molecular complexity index is 1240. The Hall–Kier alpha value is -3.45. The van der Waals surface area contributed by atoms with E-state index in [1.54, 1.807) is 18.3 Å². The summed E-state index contributed by atoms with van der Waals surface area (Å²) in [5.41, 5.74) is 0.940. The number of rotatable bonds is 8. The van der Waals surface area contributed by atoms with Crippen LogP contribution in [-0.2, 0) is 5.60 Å². The number of hydrogen-bond acceptors (Lipinski definition) is 6. The Kier molecular flexibility index (Phi) is 6.95. The first-order valence-electron chi connectivity index (χ1n) is 12.1. The number of pyridine rings is 1. The summed E-state index contributed by atoms with van der Waals surface area (Å²) >= 11 is 0. The van der Waals surface area contributed by atoms with Crippen LogP contribution >= 0.6 is 0 Å². The van der Waals surface area contributed by atoms with Crippen molar-refractivity contribution in [3.63, 3.8) is 0 Å². The summed E-state index contributed by atoms with van der Waals surface area (Å²) in [5.74, 6) is 2.07. The third-order valence-corrected chi connectivity index (χ3v) is 6.58. The van der Waals surface area contributed by atoms with Crippen LogP contribution in [0, 0.1) is 0 Å². The minimum atomic E-state index is -0.901. The van der Waals surface area contributed by atoms with Gasteiger partial charge in [0.1, 0.15) is 17.2 Å². The van der Waals surface area contributed by atoms with Gasteiger partial charge in [-0.2, -0.15) is 0 Å². The van der Waals surface area contributed by atoms with Crippen molar-refractivity contribution >= 4 is 10.9 Å². The van der Waals surface area contributed by atoms with E-state index in [1.165, 1.54) is 0 Å². The van der Waals surface area contributed by atoms with Crippen LogP contribution in [0.4, 0.5) is 0 Å². The molecule has 180 valence electrons. The van der Waals surface area contributed by atoms with Gasteiger partial charge in [-0.15, -0.1) is 0 Å². The molecule has 6 heteroatoms. The summed E-state index contributed by atoms with van der Waals surface area (Å²) in [6, 6.07) is 26.8. The molecule has 1 aliphatic rings. The summed E-state index contributed by atoms with van der Waals surface area (Å²) in [6.07, 6.45) is 2.64. The number of likely N-dealkylation sites (tertiary alicyclic amines) is 1. The molecule has 0 spiro atoms. The van der Waals surface area contributed by atoms with Crippen molar-refractivity contribution in [2.45, 2.75) is 31.2 Å². The van der Waals surface area contributed by atoms with Crippen molar-refractivity contribution in [3.8, 4) is 17.2 Å². The average Bonchev–Trinajstić information content (AvgIpc) is 2.90. The predicted molar refractivity (Wildman–Crippen MR) is 136 cm³/mol. The highest BCUT2D eigenvalue weighted by Gasteiger charge is 2.34. The summed E-state index contributed by atoms with van der Waals surface area (Å²) < 4.78 is 11.5. The van der Waals surface area contributed by atoms with Gasteiger partial charge in [0, 0.05) is 43.2 Å². The maximum atomic E-state index is 11.3. The molecule has 1 aromatic heterocycles. The monoisotopic (exact) mass is 470 g/mol. The molecule has 2 heterocycles. The maximum Gasteiger partial charge on any atom is 0.198 e. The average molecular weight is 471 g/mol. The van der Waals surface area contributed by atoms with Gasteiger partial charge >= 0.3 is 0 Å². The van der Waals surface area contributed by atoms with E-state index >= 15 is 0 Å². The van der Waals surface area contributed by atoms with Crippen LogP contribution in [0.25, 0.3) is 10.9 Å². The van der Waals surface area contributed by atoms with Gasteiger partial charge in [0.15, 0.2) is 6.29 Å². The van der Waals surface area contributed by atoms with Crippen molar-refractivity contribution in [2.75, 3.05) is 19.6 Å². The van der Waals surface area contributed by atoms with Crippen LogP contribution in [0.2, 0.25) is 0 Å². The Morgan fingerprint density at radius 2 is 1.51 bits per heavy atom. The highest BCUT2D eigenvalue weighted by Crippen LogP contribution is 2.34. The number of ether oxygens (including phenoxy) is 2. The van der Waals surface area contributed by atoms with Crippen LogP contribution in [0.3, 0.4) is 0 Å². The van der Waals surface area contributed by atoms with Crippen LogP contribution in [0.1, 0.15) is 24.8 Å². The van der Waals surface area contributed by atoms with E-state index in [-0.39, 0.29) is 0 Å². The molecule has 2 N–H and O–H groups in total. The van der Waals surface area contributed by atoms with Crippen LogP contribution in [-0.4, -0.2) is 46.0 Å². The molecule has 1 saturated heterocycles. The largest absolute Gasteiger partial charge is 0.465 e. The van der Waals surface area contributed by atoms with E-state index < -0.39 is 11.9 Å². The number of piperidine rings is 1. The number of aliphatic hydroxyl groups is 2. The highest BCUT2D eigenvalue weighted by atomic mass is 16.6. The fourth-order valence-corrected chi connectivity index (χ4v) is 4.48. The molecule has 5 rings (SSSR count). The molecule has 0 amide bonds. The number of fused-ring (bicyclic) bond motifs is 1. The molecule has 1 aliphatic heterocycles. The molecule has 0 radical (unpaired) electrons. The molecule has 35 heavy (non-hydrogen) atoms. The maximum absolute atomic E-state index is 11.3. The molecule has 4 aromatic rings. The van der Waals surface area contributed by atoms with E-state index in [2.05, 4.69) is 9.88 Å². The Morgan fingerprint density at radius 3 is 2.29 bits per heavy atom. The van der Waals surface area contributed by atoms with Gasteiger partial charge in [-0.1, -0.05) is 36.4 Å². The van der Waals surface area contributed by atoms with Gasteiger partial charge in [-0.05, 0) is 61.4 Å². The second-order valence-corrected chi connectivity index (χ2v) is 9.04. The normalized spacial score (nSPS) is 16.6. The first-order valence-corrected chi connectivity index (χ1v) is 12.1. The van der Waals surface area contributed by atoms with Crippen LogP contribution in [0.5, 0.6) is 17.2 Å². The minimum Gasteiger partial charge on any atom is -0.465 e. The predicted octanol–water partition coefficient (Wildman–Crippen LogP) is 5.10. The molecule has 0 bridgehead atoms. The number of aliphatic hydroxyl groups excluding tert-OH is 1.